The molecule has 0 bridgehead atoms. The van der Waals surface area contributed by atoms with Crippen LogP contribution in [0.5, 0.6) is 0 Å². The van der Waals surface area contributed by atoms with Crippen molar-refractivity contribution in [3.05, 3.63) is 35.9 Å². The van der Waals surface area contributed by atoms with Crippen LogP contribution in [0.1, 0.15) is 32.8 Å². The van der Waals surface area contributed by atoms with E-state index >= 15 is 0 Å². The third-order valence-corrected chi connectivity index (χ3v) is 4.62. The van der Waals surface area contributed by atoms with Crippen LogP contribution < -0.4 is 5.32 Å². The minimum absolute atomic E-state index is 0.105. The van der Waals surface area contributed by atoms with E-state index in [-0.39, 0.29) is 6.42 Å². The molecule has 1 aromatic rings. The molecule has 1 fully saturated rings. The lowest BCUT2D eigenvalue weighted by Crippen LogP contribution is -2.52. The van der Waals surface area contributed by atoms with E-state index in [1.165, 1.54) is 18.2 Å². The maximum Gasteiger partial charge on any atom is 0.432 e. The van der Waals surface area contributed by atoms with Crippen LogP contribution >= 0.6 is 0 Å². The van der Waals surface area contributed by atoms with Crippen molar-refractivity contribution < 1.29 is 37.0 Å². The maximum atomic E-state index is 13.8. The van der Waals surface area contributed by atoms with Gasteiger partial charge in [0.2, 0.25) is 0 Å². The summed E-state index contributed by atoms with van der Waals surface area (Å²) in [5.41, 5.74) is -5.91. The third kappa shape index (κ3) is 4.67. The van der Waals surface area contributed by atoms with E-state index in [9.17, 15) is 28.0 Å². The van der Waals surface area contributed by atoms with E-state index < -0.39 is 53.1 Å². The van der Waals surface area contributed by atoms with Crippen molar-refractivity contribution in [2.75, 3.05) is 13.7 Å². The van der Waals surface area contributed by atoms with Crippen molar-refractivity contribution in [1.29, 1.82) is 5.26 Å². The van der Waals surface area contributed by atoms with Crippen LogP contribution in [0.15, 0.2) is 30.3 Å². The molecule has 1 saturated carbocycles. The molecule has 3 atom stereocenters. The Balaban J connectivity index is 2.12. The van der Waals surface area contributed by atoms with Crippen LogP contribution in [-0.4, -0.2) is 43.1 Å². The van der Waals surface area contributed by atoms with E-state index in [1.807, 2.05) is 6.07 Å². The number of nitrogens with zero attached hydrogens (tertiary/aromatic N) is 1. The third-order valence-electron chi connectivity index (χ3n) is 4.62. The molecule has 164 valence electrons. The molecular weight excluding hydrogens is 405 g/mol. The van der Waals surface area contributed by atoms with Crippen LogP contribution in [0.4, 0.5) is 18.0 Å². The Labute approximate surface area is 172 Å². The fraction of sp³-hybridized carbons (Fsp3) is 0.550. The van der Waals surface area contributed by atoms with Crippen molar-refractivity contribution in [1.82, 2.24) is 5.32 Å². The van der Waals surface area contributed by atoms with Gasteiger partial charge in [0.25, 0.3) is 5.60 Å². The van der Waals surface area contributed by atoms with Crippen LogP contribution in [-0.2, 0) is 24.6 Å². The predicted molar refractivity (Wildman–Crippen MR) is 98.0 cm³/mol. The number of methoxy groups -OCH3 is 1. The lowest BCUT2D eigenvalue weighted by atomic mass is 9.93. The highest BCUT2D eigenvalue weighted by Crippen LogP contribution is 2.46. The van der Waals surface area contributed by atoms with E-state index in [2.05, 4.69) is 10.1 Å². The number of nitriles is 1. The van der Waals surface area contributed by atoms with Gasteiger partial charge in [0, 0.05) is 18.6 Å². The van der Waals surface area contributed by atoms with Gasteiger partial charge in [-0.15, -0.1) is 0 Å². The zero-order valence-electron chi connectivity index (χ0n) is 17.0. The van der Waals surface area contributed by atoms with Crippen molar-refractivity contribution in [2.45, 2.75) is 50.1 Å². The standard InChI is InChI=1S/C20H23F3N2O5/c1-17(2,3)30-16(27)25-18(12-24)10-14(18)11-29-15(26)19(28-4,20(21,22)23)13-8-6-5-7-9-13/h5-9,14H,10-11H2,1-4H3,(H,25,27)/t14-,18-,19+/m0/s1. The van der Waals surface area contributed by atoms with E-state index in [1.54, 1.807) is 20.8 Å². The molecular formula is C20H23F3N2O5. The molecule has 7 nitrogen and oxygen atoms in total. The van der Waals surface area contributed by atoms with Crippen LogP contribution in [0.2, 0.25) is 0 Å². The minimum Gasteiger partial charge on any atom is -0.463 e. The molecule has 1 aliphatic carbocycles. The van der Waals surface area contributed by atoms with Gasteiger partial charge in [-0.05, 0) is 27.2 Å². The normalized spacial score (nSPS) is 22.9. The van der Waals surface area contributed by atoms with Gasteiger partial charge in [0.15, 0.2) is 0 Å². The molecule has 0 unspecified atom stereocenters. The molecule has 30 heavy (non-hydrogen) atoms. The highest BCUT2D eigenvalue weighted by Gasteiger charge is 2.65. The number of carbonyl (C=O) groups is 2. The quantitative estimate of drug-likeness (QED) is 0.697. The molecule has 0 heterocycles. The molecule has 1 N–H and O–H groups in total. The predicted octanol–water partition coefficient (Wildman–Crippen LogP) is 3.44. The first-order valence-corrected chi connectivity index (χ1v) is 9.08. The number of carbonyl (C=O) groups excluding carboxylic acids is 2. The number of esters is 1. The lowest BCUT2D eigenvalue weighted by Gasteiger charge is -2.32. The maximum absolute atomic E-state index is 13.8. The minimum atomic E-state index is -5.09. The molecule has 2 rings (SSSR count). The Morgan fingerprint density at radius 1 is 1.23 bits per heavy atom. The fourth-order valence-electron chi connectivity index (χ4n) is 3.00. The number of alkyl halides is 3. The molecule has 0 radical (unpaired) electrons. The molecule has 1 amide bonds. The zero-order chi connectivity index (χ0) is 22.8. The van der Waals surface area contributed by atoms with Crippen LogP contribution in [0, 0.1) is 17.2 Å². The van der Waals surface area contributed by atoms with Crippen molar-refractivity contribution >= 4 is 12.1 Å². The fourth-order valence-corrected chi connectivity index (χ4v) is 3.00. The van der Waals surface area contributed by atoms with Gasteiger partial charge in [-0.3, -0.25) is 0 Å². The van der Waals surface area contributed by atoms with Gasteiger partial charge in [0.1, 0.15) is 11.1 Å². The molecule has 1 aromatic carbocycles. The van der Waals surface area contributed by atoms with Gasteiger partial charge >= 0.3 is 18.2 Å². The second kappa shape index (κ2) is 8.14. The van der Waals surface area contributed by atoms with Gasteiger partial charge in [-0.25, -0.2) is 9.59 Å². The number of ether oxygens (including phenoxy) is 3. The number of benzene rings is 1. The molecule has 0 aromatic heterocycles. The Morgan fingerprint density at radius 2 is 1.83 bits per heavy atom. The van der Waals surface area contributed by atoms with Crippen molar-refractivity contribution in [3.63, 3.8) is 0 Å². The topological polar surface area (TPSA) is 97.6 Å². The summed E-state index contributed by atoms with van der Waals surface area (Å²) in [7, 11) is 0.766. The highest BCUT2D eigenvalue weighted by molar-refractivity contribution is 5.82. The zero-order valence-corrected chi connectivity index (χ0v) is 17.0. The summed E-state index contributed by atoms with van der Waals surface area (Å²) in [4.78, 5) is 24.4. The summed E-state index contributed by atoms with van der Waals surface area (Å²) < 4.78 is 56.2. The molecule has 10 heteroatoms. The number of amides is 1. The molecule has 1 aliphatic rings. The SMILES string of the molecule is CO[C@@](C(=O)OC[C@@H]1C[C@@]1(C#N)NC(=O)OC(C)(C)C)(c1ccccc1)C(F)(F)F. The summed E-state index contributed by atoms with van der Waals surface area (Å²) in [6.07, 6.45) is -5.83. The number of alkyl carbamates (subject to hydrolysis) is 1. The number of hydrogen-bond acceptors (Lipinski definition) is 6. The van der Waals surface area contributed by atoms with Gasteiger partial charge in [-0.1, -0.05) is 30.3 Å². The Bertz CT molecular complexity index is 832. The first-order chi connectivity index (χ1) is 13.8. The summed E-state index contributed by atoms with van der Waals surface area (Å²) in [6, 6.07) is 8.30. The molecule has 0 saturated heterocycles. The summed E-state index contributed by atoms with van der Waals surface area (Å²) in [5.74, 6) is -2.34. The number of hydrogen-bond donors (Lipinski definition) is 1. The van der Waals surface area contributed by atoms with E-state index in [0.717, 1.165) is 19.2 Å². The van der Waals surface area contributed by atoms with Crippen LogP contribution in [0.25, 0.3) is 0 Å². The largest absolute Gasteiger partial charge is 0.463 e. The van der Waals surface area contributed by atoms with Gasteiger partial charge in [0.05, 0.1) is 12.7 Å². The number of halogens is 3. The Hall–Kier alpha value is -2.80. The average molecular weight is 428 g/mol. The summed E-state index contributed by atoms with van der Waals surface area (Å²) in [5, 5.41) is 11.8. The summed E-state index contributed by atoms with van der Waals surface area (Å²) >= 11 is 0. The smallest absolute Gasteiger partial charge is 0.432 e. The Kier molecular flexibility index (Phi) is 6.37. The first-order valence-electron chi connectivity index (χ1n) is 9.08. The van der Waals surface area contributed by atoms with E-state index in [4.69, 9.17) is 9.47 Å². The lowest BCUT2D eigenvalue weighted by molar-refractivity contribution is -0.276. The first kappa shape index (κ1) is 23.5. The molecule has 0 aliphatic heterocycles. The number of rotatable bonds is 6. The van der Waals surface area contributed by atoms with Crippen LogP contribution in [0.3, 0.4) is 0 Å². The van der Waals surface area contributed by atoms with Gasteiger partial charge < -0.3 is 19.5 Å². The second-order valence-electron chi connectivity index (χ2n) is 7.96. The molecule has 0 spiro atoms. The second-order valence-corrected chi connectivity index (χ2v) is 7.96. The van der Waals surface area contributed by atoms with Crippen molar-refractivity contribution in [3.8, 4) is 6.07 Å². The van der Waals surface area contributed by atoms with E-state index in [0.29, 0.717) is 0 Å². The average Bonchev–Trinajstić information content (AvgIpc) is 3.32. The summed E-state index contributed by atoms with van der Waals surface area (Å²) in [6.45, 7) is 4.42. The Morgan fingerprint density at radius 3 is 2.30 bits per heavy atom. The van der Waals surface area contributed by atoms with Crippen molar-refractivity contribution in [2.24, 2.45) is 5.92 Å². The highest BCUT2D eigenvalue weighted by atomic mass is 19.4. The monoisotopic (exact) mass is 428 g/mol. The number of nitrogens with one attached hydrogen (secondary N) is 1. The van der Waals surface area contributed by atoms with Gasteiger partial charge in [-0.2, -0.15) is 18.4 Å².